The number of piperidine rings is 1. The fraction of sp³-hybridized carbons (Fsp3) is 0.500. The van der Waals surface area contributed by atoms with Crippen LogP contribution in [0.3, 0.4) is 0 Å². The molecule has 2 saturated heterocycles. The standard InChI is InChI=1S/C14H16ClN3O2S.ClH/c15-13-6-10(7-16)4-5-14(13)21(19,20)18-8-11-2-1-3-12(9-18)17-11;/h4-6,11-12,17H,1-3,8-9H2;1H. The second-order valence-corrected chi connectivity index (χ2v) is 7.88. The molecule has 0 spiro atoms. The molecule has 2 atom stereocenters. The van der Waals surface area contributed by atoms with Gasteiger partial charge in [-0.3, -0.25) is 0 Å². The minimum atomic E-state index is -3.61. The highest BCUT2D eigenvalue weighted by Crippen LogP contribution is 2.29. The van der Waals surface area contributed by atoms with Gasteiger partial charge in [0.05, 0.1) is 16.7 Å². The molecule has 0 saturated carbocycles. The van der Waals surface area contributed by atoms with E-state index in [1.54, 1.807) is 0 Å². The number of nitriles is 1. The molecule has 2 unspecified atom stereocenters. The number of nitrogens with zero attached hydrogens (tertiary/aromatic N) is 2. The summed E-state index contributed by atoms with van der Waals surface area (Å²) in [7, 11) is -3.61. The Hall–Kier alpha value is -0.840. The third-order valence-corrected chi connectivity index (χ3v) is 6.42. The number of hydrogen-bond donors (Lipinski definition) is 1. The van der Waals surface area contributed by atoms with Crippen LogP contribution in [0.2, 0.25) is 5.02 Å². The average molecular weight is 362 g/mol. The van der Waals surface area contributed by atoms with Crippen molar-refractivity contribution in [3.63, 3.8) is 0 Å². The SMILES string of the molecule is Cl.N#Cc1ccc(S(=O)(=O)N2CC3CCCC(C2)N3)c(Cl)c1. The monoisotopic (exact) mass is 361 g/mol. The summed E-state index contributed by atoms with van der Waals surface area (Å²) < 4.78 is 27.1. The van der Waals surface area contributed by atoms with Crippen LogP contribution >= 0.6 is 24.0 Å². The van der Waals surface area contributed by atoms with Crippen molar-refractivity contribution in [3.8, 4) is 6.07 Å². The fourth-order valence-corrected chi connectivity index (χ4v) is 5.13. The van der Waals surface area contributed by atoms with Crippen LogP contribution in [0.1, 0.15) is 24.8 Å². The minimum Gasteiger partial charge on any atom is -0.309 e. The Balaban J connectivity index is 0.00000176. The summed E-state index contributed by atoms with van der Waals surface area (Å²) >= 11 is 6.06. The molecular formula is C14H17Cl2N3O2S. The normalized spacial score (nSPS) is 25.1. The maximum Gasteiger partial charge on any atom is 0.244 e. The number of piperazine rings is 1. The Morgan fingerprint density at radius 2 is 1.91 bits per heavy atom. The molecule has 2 heterocycles. The fourth-order valence-electron chi connectivity index (χ4n) is 3.08. The lowest BCUT2D eigenvalue weighted by molar-refractivity contribution is 0.190. The van der Waals surface area contributed by atoms with Gasteiger partial charge in [0.15, 0.2) is 0 Å². The third kappa shape index (κ3) is 3.24. The highest BCUT2D eigenvalue weighted by Gasteiger charge is 2.37. The van der Waals surface area contributed by atoms with E-state index >= 15 is 0 Å². The van der Waals surface area contributed by atoms with Gasteiger partial charge in [-0.25, -0.2) is 8.42 Å². The van der Waals surface area contributed by atoms with Gasteiger partial charge in [-0.15, -0.1) is 12.4 Å². The summed E-state index contributed by atoms with van der Waals surface area (Å²) in [6.45, 7) is 0.963. The average Bonchev–Trinajstić information content (AvgIpc) is 2.46. The summed E-state index contributed by atoms with van der Waals surface area (Å²) in [6, 6.07) is 6.72. The number of halogens is 2. The van der Waals surface area contributed by atoms with E-state index in [2.05, 4.69) is 5.32 Å². The Kier molecular flexibility index (Phi) is 5.36. The van der Waals surface area contributed by atoms with Gasteiger partial charge < -0.3 is 5.32 Å². The van der Waals surface area contributed by atoms with Crippen molar-refractivity contribution in [1.82, 2.24) is 9.62 Å². The molecule has 2 aliphatic rings. The highest BCUT2D eigenvalue weighted by molar-refractivity contribution is 7.89. The predicted octanol–water partition coefficient (Wildman–Crippen LogP) is 2.15. The van der Waals surface area contributed by atoms with Gasteiger partial charge in [-0.05, 0) is 31.0 Å². The van der Waals surface area contributed by atoms with Gasteiger partial charge in [-0.1, -0.05) is 18.0 Å². The zero-order chi connectivity index (χ0) is 15.0. The molecule has 0 aromatic heterocycles. The summed E-state index contributed by atoms with van der Waals surface area (Å²) in [5.41, 5.74) is 0.358. The van der Waals surface area contributed by atoms with Crippen LogP contribution in [0.15, 0.2) is 23.1 Å². The number of fused-ring (bicyclic) bond motifs is 2. The molecule has 1 N–H and O–H groups in total. The summed E-state index contributed by atoms with van der Waals surface area (Å²) in [6.07, 6.45) is 3.15. The Morgan fingerprint density at radius 3 is 2.45 bits per heavy atom. The van der Waals surface area contributed by atoms with Gasteiger partial charge in [0.1, 0.15) is 4.90 Å². The Morgan fingerprint density at radius 1 is 1.27 bits per heavy atom. The second-order valence-electron chi connectivity index (χ2n) is 5.57. The van der Waals surface area contributed by atoms with E-state index in [9.17, 15) is 8.42 Å². The van der Waals surface area contributed by atoms with Crippen molar-refractivity contribution in [2.75, 3.05) is 13.1 Å². The summed E-state index contributed by atoms with van der Waals surface area (Å²) in [4.78, 5) is 0.0862. The number of sulfonamides is 1. The Bertz CT molecular complexity index is 691. The van der Waals surface area contributed by atoms with Crippen LogP contribution in [0.25, 0.3) is 0 Å². The molecule has 1 aromatic carbocycles. The van der Waals surface area contributed by atoms with Crippen LogP contribution in [0, 0.1) is 11.3 Å². The molecule has 0 radical (unpaired) electrons. The van der Waals surface area contributed by atoms with Gasteiger partial charge in [0, 0.05) is 25.2 Å². The van der Waals surface area contributed by atoms with Crippen molar-refractivity contribution in [2.45, 2.75) is 36.2 Å². The molecule has 120 valence electrons. The van der Waals surface area contributed by atoms with Crippen molar-refractivity contribution in [3.05, 3.63) is 28.8 Å². The molecule has 2 fully saturated rings. The van der Waals surface area contributed by atoms with E-state index < -0.39 is 10.0 Å². The summed E-state index contributed by atoms with van der Waals surface area (Å²) in [5, 5.41) is 12.4. The minimum absolute atomic E-state index is 0. The summed E-state index contributed by atoms with van der Waals surface area (Å²) in [5.74, 6) is 0. The first kappa shape index (κ1) is 17.5. The van der Waals surface area contributed by atoms with Crippen molar-refractivity contribution >= 4 is 34.0 Å². The number of rotatable bonds is 2. The van der Waals surface area contributed by atoms with Crippen LogP contribution in [0.4, 0.5) is 0 Å². The zero-order valence-electron chi connectivity index (χ0n) is 11.8. The number of benzene rings is 1. The number of hydrogen-bond acceptors (Lipinski definition) is 4. The highest BCUT2D eigenvalue weighted by atomic mass is 35.5. The van der Waals surface area contributed by atoms with Crippen molar-refractivity contribution in [2.24, 2.45) is 0 Å². The van der Waals surface area contributed by atoms with Crippen LogP contribution < -0.4 is 5.32 Å². The molecule has 0 aliphatic carbocycles. The third-order valence-electron chi connectivity index (χ3n) is 4.10. The van der Waals surface area contributed by atoms with E-state index in [1.165, 1.54) is 22.5 Å². The first-order valence-electron chi connectivity index (χ1n) is 6.96. The first-order valence-corrected chi connectivity index (χ1v) is 8.78. The molecule has 0 amide bonds. The quantitative estimate of drug-likeness (QED) is 0.875. The van der Waals surface area contributed by atoms with Gasteiger partial charge in [-0.2, -0.15) is 9.57 Å². The van der Waals surface area contributed by atoms with E-state index in [1.807, 2.05) is 6.07 Å². The first-order chi connectivity index (χ1) is 10.0. The molecule has 22 heavy (non-hydrogen) atoms. The molecule has 5 nitrogen and oxygen atoms in total. The topological polar surface area (TPSA) is 73.2 Å². The Labute approximate surface area is 141 Å². The predicted molar refractivity (Wildman–Crippen MR) is 86.7 cm³/mol. The van der Waals surface area contributed by atoms with Crippen LogP contribution in [-0.2, 0) is 10.0 Å². The van der Waals surface area contributed by atoms with Gasteiger partial charge in [0.2, 0.25) is 10.0 Å². The van der Waals surface area contributed by atoms with Crippen molar-refractivity contribution < 1.29 is 8.42 Å². The van der Waals surface area contributed by atoms with E-state index in [4.69, 9.17) is 16.9 Å². The molecule has 2 bridgehead atoms. The van der Waals surface area contributed by atoms with Crippen LogP contribution in [-0.4, -0.2) is 37.9 Å². The molecule has 8 heteroatoms. The molecule has 3 rings (SSSR count). The van der Waals surface area contributed by atoms with Gasteiger partial charge >= 0.3 is 0 Å². The lowest BCUT2D eigenvalue weighted by Gasteiger charge is -2.41. The van der Waals surface area contributed by atoms with Crippen molar-refractivity contribution in [1.29, 1.82) is 5.26 Å². The lowest BCUT2D eigenvalue weighted by atomic mass is 9.96. The number of nitrogens with one attached hydrogen (secondary N) is 1. The maximum absolute atomic E-state index is 12.8. The smallest absolute Gasteiger partial charge is 0.244 e. The van der Waals surface area contributed by atoms with Crippen LogP contribution in [0.5, 0.6) is 0 Å². The molecular weight excluding hydrogens is 345 g/mol. The van der Waals surface area contributed by atoms with Gasteiger partial charge in [0.25, 0.3) is 0 Å². The van der Waals surface area contributed by atoms with E-state index in [-0.39, 0.29) is 34.4 Å². The second kappa shape index (κ2) is 6.73. The molecule has 2 aliphatic heterocycles. The van der Waals surface area contributed by atoms with E-state index in [0.717, 1.165) is 19.3 Å². The molecule has 1 aromatic rings. The lowest BCUT2D eigenvalue weighted by Crippen LogP contribution is -2.59. The largest absolute Gasteiger partial charge is 0.309 e. The maximum atomic E-state index is 12.8. The zero-order valence-corrected chi connectivity index (χ0v) is 14.2. The van der Waals surface area contributed by atoms with E-state index in [0.29, 0.717) is 18.7 Å².